The van der Waals surface area contributed by atoms with Crippen molar-refractivity contribution in [3.8, 4) is 16.9 Å². The second-order valence-electron chi connectivity index (χ2n) is 9.40. The largest absolute Gasteiger partial charge is 0.456 e. The highest BCUT2D eigenvalue weighted by atomic mass is 32.2. The minimum Gasteiger partial charge on any atom is -0.456 e. The number of fused-ring (bicyclic) bond motifs is 1. The van der Waals surface area contributed by atoms with Crippen LogP contribution in [-0.4, -0.2) is 55.3 Å². The van der Waals surface area contributed by atoms with E-state index >= 15 is 0 Å². The summed E-state index contributed by atoms with van der Waals surface area (Å²) in [6.45, 7) is 4.77. The van der Waals surface area contributed by atoms with Gasteiger partial charge in [-0.05, 0) is 29.2 Å². The Labute approximate surface area is 207 Å². The lowest BCUT2D eigenvalue weighted by Crippen LogP contribution is -2.48. The van der Waals surface area contributed by atoms with Crippen molar-refractivity contribution < 1.29 is 46.3 Å². The van der Waals surface area contributed by atoms with E-state index in [1.807, 2.05) is 0 Å². The summed E-state index contributed by atoms with van der Waals surface area (Å²) in [5.74, 6) is -4.19. The SMILES string of the molecule is CC(=O)OC1C2OC(=O)C3C2OC1C3C(=O)Oc1cc(-c2ccccc2)c(S(=O)(=O)O)cc1C(C)C. The molecule has 1 N–H and O–H groups in total. The van der Waals surface area contributed by atoms with Gasteiger partial charge >= 0.3 is 17.9 Å². The maximum Gasteiger partial charge on any atom is 0.318 e. The first-order chi connectivity index (χ1) is 17.0. The number of carbonyl (C=O) groups is 3. The van der Waals surface area contributed by atoms with Crippen molar-refractivity contribution in [3.63, 3.8) is 0 Å². The Hall–Kier alpha value is -3.28. The molecule has 0 aliphatic carbocycles. The molecule has 11 heteroatoms. The molecule has 3 aliphatic rings. The molecule has 3 aliphatic heterocycles. The molecule has 0 amide bonds. The molecule has 0 radical (unpaired) electrons. The zero-order valence-electron chi connectivity index (χ0n) is 19.6. The van der Waals surface area contributed by atoms with E-state index in [0.717, 1.165) is 0 Å². The zero-order valence-corrected chi connectivity index (χ0v) is 20.4. The monoisotopic (exact) mass is 516 g/mol. The van der Waals surface area contributed by atoms with Crippen LogP contribution in [0, 0.1) is 11.8 Å². The highest BCUT2D eigenvalue weighted by molar-refractivity contribution is 7.86. The van der Waals surface area contributed by atoms with Crippen LogP contribution < -0.4 is 4.74 Å². The minimum absolute atomic E-state index is 0.0796. The molecular formula is C25H24O10S. The third-order valence-corrected chi connectivity index (χ3v) is 7.68. The topological polar surface area (TPSA) is 142 Å². The first kappa shape index (κ1) is 24.4. The van der Waals surface area contributed by atoms with Gasteiger partial charge in [0.1, 0.15) is 34.7 Å². The number of hydrogen-bond acceptors (Lipinski definition) is 9. The smallest absolute Gasteiger partial charge is 0.318 e. The van der Waals surface area contributed by atoms with Gasteiger partial charge in [-0.1, -0.05) is 44.2 Å². The van der Waals surface area contributed by atoms with Gasteiger partial charge < -0.3 is 18.9 Å². The lowest BCUT2D eigenvalue weighted by molar-refractivity contribution is -0.159. The number of ether oxygens (including phenoxy) is 4. The van der Waals surface area contributed by atoms with Crippen LogP contribution >= 0.6 is 0 Å². The zero-order chi connectivity index (χ0) is 25.9. The molecule has 6 atom stereocenters. The Balaban J connectivity index is 1.55. The Morgan fingerprint density at radius 2 is 1.75 bits per heavy atom. The van der Waals surface area contributed by atoms with E-state index in [1.165, 1.54) is 19.1 Å². The summed E-state index contributed by atoms with van der Waals surface area (Å²) >= 11 is 0. The predicted molar refractivity (Wildman–Crippen MR) is 122 cm³/mol. The number of esters is 3. The lowest BCUT2D eigenvalue weighted by atomic mass is 9.78. The molecule has 3 fully saturated rings. The number of carbonyl (C=O) groups excluding carboxylic acids is 3. The molecule has 2 bridgehead atoms. The van der Waals surface area contributed by atoms with Gasteiger partial charge in [0.15, 0.2) is 12.2 Å². The predicted octanol–water partition coefficient (Wildman–Crippen LogP) is 2.50. The average molecular weight is 517 g/mol. The van der Waals surface area contributed by atoms with Gasteiger partial charge in [-0.25, -0.2) is 0 Å². The highest BCUT2D eigenvalue weighted by Crippen LogP contribution is 2.51. The van der Waals surface area contributed by atoms with E-state index in [9.17, 15) is 27.4 Å². The summed E-state index contributed by atoms with van der Waals surface area (Å²) < 4.78 is 56.6. The molecule has 36 heavy (non-hydrogen) atoms. The Kier molecular flexibility index (Phi) is 5.89. The van der Waals surface area contributed by atoms with Crippen LogP contribution in [0.3, 0.4) is 0 Å². The second kappa shape index (κ2) is 8.68. The van der Waals surface area contributed by atoms with Crippen molar-refractivity contribution >= 4 is 28.0 Å². The molecule has 0 aromatic heterocycles. The first-order valence-corrected chi connectivity index (χ1v) is 12.9. The summed E-state index contributed by atoms with van der Waals surface area (Å²) in [7, 11) is -4.61. The van der Waals surface area contributed by atoms with Crippen LogP contribution in [0.4, 0.5) is 0 Å². The van der Waals surface area contributed by atoms with Crippen molar-refractivity contribution in [2.75, 3.05) is 0 Å². The molecule has 0 spiro atoms. The molecule has 3 saturated heterocycles. The Morgan fingerprint density at radius 1 is 1.06 bits per heavy atom. The summed E-state index contributed by atoms with van der Waals surface area (Å²) in [5, 5.41) is 0. The first-order valence-electron chi connectivity index (χ1n) is 11.4. The molecule has 190 valence electrons. The summed E-state index contributed by atoms with van der Waals surface area (Å²) in [6.07, 6.45) is -3.35. The lowest BCUT2D eigenvalue weighted by Gasteiger charge is -2.27. The average Bonchev–Trinajstić information content (AvgIpc) is 3.42. The molecule has 2 aromatic carbocycles. The van der Waals surface area contributed by atoms with Crippen LogP contribution in [0.15, 0.2) is 47.4 Å². The molecule has 0 saturated carbocycles. The molecule has 10 nitrogen and oxygen atoms in total. The van der Waals surface area contributed by atoms with Gasteiger partial charge in [0.2, 0.25) is 0 Å². The molecule has 3 heterocycles. The minimum atomic E-state index is -4.61. The second-order valence-corrected chi connectivity index (χ2v) is 10.8. The van der Waals surface area contributed by atoms with Crippen molar-refractivity contribution in [1.82, 2.24) is 0 Å². The molecular weight excluding hydrogens is 492 g/mol. The van der Waals surface area contributed by atoms with Gasteiger partial charge in [0, 0.05) is 12.5 Å². The normalized spacial score (nSPS) is 28.3. The highest BCUT2D eigenvalue weighted by Gasteiger charge is 2.72. The van der Waals surface area contributed by atoms with Crippen LogP contribution in [0.1, 0.15) is 32.3 Å². The quantitative estimate of drug-likeness (QED) is 0.346. The fourth-order valence-corrected chi connectivity index (χ4v) is 6.01. The third kappa shape index (κ3) is 3.97. The third-order valence-electron chi connectivity index (χ3n) is 6.79. The fraction of sp³-hybridized carbons (Fsp3) is 0.400. The molecule has 5 rings (SSSR count). The summed E-state index contributed by atoms with van der Waals surface area (Å²) in [4.78, 5) is 37.3. The maximum atomic E-state index is 13.5. The van der Waals surface area contributed by atoms with Crippen LogP contribution in [0.2, 0.25) is 0 Å². The van der Waals surface area contributed by atoms with E-state index in [2.05, 4.69) is 0 Å². The van der Waals surface area contributed by atoms with E-state index in [4.69, 9.17) is 18.9 Å². The fourth-order valence-electron chi connectivity index (χ4n) is 5.28. The van der Waals surface area contributed by atoms with Crippen molar-refractivity contribution in [1.29, 1.82) is 0 Å². The van der Waals surface area contributed by atoms with Gasteiger partial charge in [0.25, 0.3) is 10.1 Å². The van der Waals surface area contributed by atoms with Crippen LogP contribution in [0.25, 0.3) is 11.1 Å². The van der Waals surface area contributed by atoms with Gasteiger partial charge in [-0.3, -0.25) is 18.9 Å². The van der Waals surface area contributed by atoms with Gasteiger partial charge in [-0.15, -0.1) is 0 Å². The van der Waals surface area contributed by atoms with Crippen molar-refractivity contribution in [2.24, 2.45) is 11.8 Å². The van der Waals surface area contributed by atoms with E-state index in [-0.39, 0.29) is 22.1 Å². The molecule has 2 aromatic rings. The number of hydrogen-bond donors (Lipinski definition) is 1. The number of rotatable bonds is 6. The van der Waals surface area contributed by atoms with Gasteiger partial charge in [0.05, 0.1) is 0 Å². The van der Waals surface area contributed by atoms with E-state index in [1.54, 1.807) is 44.2 Å². The standard InChI is InChI=1S/C25H24O10S/c1-11(2)14-10-17(36(29,30)31)15(13-7-5-4-6-8-13)9-16(14)33-24(27)18-19-21-23(35-25(19)28)22(20(18)34-21)32-12(3)26/h4-11,18-23H,1-3H3,(H,29,30,31). The summed E-state index contributed by atoms with van der Waals surface area (Å²) in [6, 6.07) is 11.1. The summed E-state index contributed by atoms with van der Waals surface area (Å²) in [5.41, 5.74) is 0.994. The van der Waals surface area contributed by atoms with E-state index < -0.39 is 64.3 Å². The van der Waals surface area contributed by atoms with Crippen LogP contribution in [0.5, 0.6) is 5.75 Å². The van der Waals surface area contributed by atoms with Crippen molar-refractivity contribution in [3.05, 3.63) is 48.0 Å². The van der Waals surface area contributed by atoms with Crippen LogP contribution in [-0.2, 0) is 38.7 Å². The van der Waals surface area contributed by atoms with Crippen molar-refractivity contribution in [2.45, 2.75) is 56.0 Å². The molecule has 6 unspecified atom stereocenters. The van der Waals surface area contributed by atoms with Gasteiger partial charge in [-0.2, -0.15) is 8.42 Å². The number of benzene rings is 2. The Bertz CT molecular complexity index is 1350. The maximum absolute atomic E-state index is 13.5. The Morgan fingerprint density at radius 3 is 2.36 bits per heavy atom. The van der Waals surface area contributed by atoms with E-state index in [0.29, 0.717) is 11.1 Å².